The SMILES string of the molecule is N[N+]12C=CN=CC1=C(C1CCCN(C(=O)C(=O)C(F)(F)F)C1)N=C2c1ccc(C(=O)Nc2cc(C3CC3)ccn2)cc1. The van der Waals surface area contributed by atoms with Crippen LogP contribution in [0.5, 0.6) is 0 Å². The number of pyridine rings is 1. The van der Waals surface area contributed by atoms with Gasteiger partial charge in [0.1, 0.15) is 17.7 Å². The molecule has 0 radical (unpaired) electrons. The topological polar surface area (TPSA) is 130 Å². The highest BCUT2D eigenvalue weighted by molar-refractivity contribution is 6.38. The Morgan fingerprint density at radius 1 is 1.05 bits per heavy atom. The van der Waals surface area contributed by atoms with E-state index in [1.165, 1.54) is 12.4 Å². The minimum atomic E-state index is -5.24. The molecular weight excluding hydrogens is 551 g/mol. The summed E-state index contributed by atoms with van der Waals surface area (Å²) in [6, 6.07) is 10.6. The van der Waals surface area contributed by atoms with Gasteiger partial charge >= 0.3 is 12.0 Å². The summed E-state index contributed by atoms with van der Waals surface area (Å²) in [5.74, 6) is 3.46. The third kappa shape index (κ3) is 5.16. The lowest BCUT2D eigenvalue weighted by Gasteiger charge is -2.32. The molecule has 3 aliphatic heterocycles. The van der Waals surface area contributed by atoms with Crippen LogP contribution < -0.4 is 11.2 Å². The first kappa shape index (κ1) is 27.7. The first-order valence-corrected chi connectivity index (χ1v) is 13.5. The van der Waals surface area contributed by atoms with Gasteiger partial charge in [-0.05, 0) is 73.6 Å². The Kier molecular flexibility index (Phi) is 6.86. The van der Waals surface area contributed by atoms with Crippen LogP contribution in [0.25, 0.3) is 0 Å². The lowest BCUT2D eigenvalue weighted by atomic mass is 9.93. The molecule has 1 aliphatic carbocycles. The van der Waals surface area contributed by atoms with Crippen LogP contribution in [0.1, 0.15) is 53.1 Å². The lowest BCUT2D eigenvalue weighted by Crippen LogP contribution is -2.53. The number of piperidine rings is 1. The van der Waals surface area contributed by atoms with Crippen molar-refractivity contribution < 1.29 is 32.1 Å². The van der Waals surface area contributed by atoms with E-state index in [-0.39, 0.29) is 23.6 Å². The summed E-state index contributed by atoms with van der Waals surface area (Å²) in [5, 5.41) is 2.83. The molecule has 2 amide bonds. The molecule has 3 N–H and O–H groups in total. The molecule has 4 heterocycles. The number of amidine groups is 1. The van der Waals surface area contributed by atoms with Gasteiger partial charge in [0.2, 0.25) is 5.70 Å². The van der Waals surface area contributed by atoms with Gasteiger partial charge in [-0.15, -0.1) is 4.59 Å². The van der Waals surface area contributed by atoms with Crippen molar-refractivity contribution in [3.05, 3.63) is 83.1 Å². The van der Waals surface area contributed by atoms with Crippen molar-refractivity contribution in [3.63, 3.8) is 0 Å². The van der Waals surface area contributed by atoms with Crippen LogP contribution in [0, 0.1) is 5.92 Å². The number of nitrogens with zero attached hydrogens (tertiary/aromatic N) is 5. The van der Waals surface area contributed by atoms with Crippen molar-refractivity contribution in [3.8, 4) is 0 Å². The van der Waals surface area contributed by atoms with Crippen LogP contribution in [-0.2, 0) is 9.59 Å². The van der Waals surface area contributed by atoms with Crippen LogP contribution >= 0.6 is 0 Å². The number of nitrogens with two attached hydrogens (primary N) is 1. The maximum atomic E-state index is 12.9. The molecule has 1 saturated heterocycles. The molecule has 2 unspecified atom stereocenters. The Balaban J connectivity index is 1.22. The number of halogens is 3. The van der Waals surface area contributed by atoms with Crippen molar-refractivity contribution in [1.29, 1.82) is 0 Å². The summed E-state index contributed by atoms with van der Waals surface area (Å²) in [7, 11) is 0. The number of aromatic nitrogens is 1. The van der Waals surface area contributed by atoms with E-state index in [1.54, 1.807) is 36.7 Å². The number of likely N-dealkylation sites (tertiary alicyclic amines) is 1. The Morgan fingerprint density at radius 2 is 1.81 bits per heavy atom. The summed E-state index contributed by atoms with van der Waals surface area (Å²) in [4.78, 5) is 50.9. The molecule has 13 heteroatoms. The maximum Gasteiger partial charge on any atom is 0.460 e. The molecule has 4 aliphatic rings. The number of aliphatic imine (C=N–C) groups is 2. The van der Waals surface area contributed by atoms with E-state index in [0.29, 0.717) is 52.9 Å². The molecule has 42 heavy (non-hydrogen) atoms. The largest absolute Gasteiger partial charge is 0.460 e. The Bertz CT molecular complexity index is 1590. The fourth-order valence-electron chi connectivity index (χ4n) is 5.50. The van der Waals surface area contributed by atoms with Gasteiger partial charge in [-0.3, -0.25) is 19.4 Å². The van der Waals surface area contributed by atoms with E-state index < -0.39 is 23.8 Å². The van der Waals surface area contributed by atoms with Crippen LogP contribution in [-0.4, -0.2) is 63.4 Å². The normalized spacial score (nSPS) is 23.5. The zero-order valence-corrected chi connectivity index (χ0v) is 22.3. The van der Waals surface area contributed by atoms with Crippen molar-refractivity contribution >= 4 is 35.5 Å². The van der Waals surface area contributed by atoms with Gasteiger partial charge in [-0.25, -0.2) is 4.98 Å². The van der Waals surface area contributed by atoms with Crippen molar-refractivity contribution in [2.45, 2.75) is 37.8 Å². The van der Waals surface area contributed by atoms with Gasteiger partial charge in [0.25, 0.3) is 17.6 Å². The molecule has 10 nitrogen and oxygen atoms in total. The van der Waals surface area contributed by atoms with Gasteiger partial charge in [0.05, 0.1) is 18.0 Å². The van der Waals surface area contributed by atoms with Crippen LogP contribution in [0.2, 0.25) is 0 Å². The van der Waals surface area contributed by atoms with Gasteiger partial charge in [-0.2, -0.15) is 24.0 Å². The Hall–Kier alpha value is -4.49. The van der Waals surface area contributed by atoms with E-state index in [2.05, 4.69) is 15.3 Å². The average molecular weight is 579 g/mol. The fourth-order valence-corrected chi connectivity index (χ4v) is 5.50. The highest BCUT2D eigenvalue weighted by atomic mass is 19.4. The molecule has 1 aromatic heterocycles. The first-order valence-electron chi connectivity index (χ1n) is 13.5. The second-order valence-corrected chi connectivity index (χ2v) is 10.8. The minimum absolute atomic E-state index is 0.0386. The summed E-state index contributed by atoms with van der Waals surface area (Å²) in [5.41, 5.74) is 3.17. The Labute approximate surface area is 238 Å². The molecule has 216 valence electrons. The number of carbonyl (C=O) groups excluding carboxylic acids is 3. The zero-order valence-electron chi connectivity index (χ0n) is 22.3. The number of carbonyl (C=O) groups is 3. The van der Waals surface area contributed by atoms with Crippen molar-refractivity contribution in [2.75, 3.05) is 18.4 Å². The molecule has 2 fully saturated rings. The predicted molar refractivity (Wildman–Crippen MR) is 147 cm³/mol. The maximum absolute atomic E-state index is 12.9. The summed E-state index contributed by atoms with van der Waals surface area (Å²) >= 11 is 0. The number of hydrogen-bond donors (Lipinski definition) is 2. The standard InChI is InChI=1S/C29H26F3N7O3/c30-29(31,32)25(40)28(42)38-12-1-2-21(16-38)24-22-15-34-11-13-39(22,33)26(37-24)18-5-7-19(8-6-18)27(41)36-23-14-20(9-10-35-23)17-3-4-17/h5-11,13-15,17,21H,1-4,12,16,33H2/p+1. The van der Waals surface area contributed by atoms with Gasteiger partial charge in [0.15, 0.2) is 0 Å². The van der Waals surface area contributed by atoms with E-state index in [4.69, 9.17) is 10.8 Å². The van der Waals surface area contributed by atoms with Gasteiger partial charge in [0, 0.05) is 30.8 Å². The summed E-state index contributed by atoms with van der Waals surface area (Å²) < 4.78 is 38.4. The monoisotopic (exact) mass is 578 g/mol. The van der Waals surface area contributed by atoms with E-state index in [0.717, 1.165) is 23.3 Å². The fraction of sp³-hybridized carbons (Fsp3) is 0.310. The molecule has 2 aromatic rings. The summed E-state index contributed by atoms with van der Waals surface area (Å²) in [6.07, 6.45) is 4.32. The van der Waals surface area contributed by atoms with Gasteiger partial charge < -0.3 is 10.2 Å². The Morgan fingerprint density at radius 3 is 2.52 bits per heavy atom. The van der Waals surface area contributed by atoms with Gasteiger partial charge in [-0.1, -0.05) is 0 Å². The number of anilines is 1. The van der Waals surface area contributed by atoms with Crippen LogP contribution in [0.15, 0.2) is 76.4 Å². The number of quaternary nitrogens is 1. The highest BCUT2D eigenvalue weighted by Crippen LogP contribution is 2.40. The number of alkyl halides is 3. The molecule has 1 aromatic carbocycles. The molecule has 6 rings (SSSR count). The number of nitrogens with one attached hydrogen (secondary N) is 1. The number of Topliss-reactive ketones (excluding diaryl/α,β-unsaturated/α-hetero) is 1. The van der Waals surface area contributed by atoms with E-state index in [9.17, 15) is 27.6 Å². The number of rotatable bonds is 6. The number of allylic oxidation sites excluding steroid dienone is 1. The second-order valence-electron chi connectivity index (χ2n) is 10.8. The molecule has 0 spiro atoms. The first-order chi connectivity index (χ1) is 20.0. The number of amides is 2. The predicted octanol–water partition coefficient (Wildman–Crippen LogP) is 3.80. The smallest absolute Gasteiger partial charge is 0.335 e. The number of benzene rings is 1. The molecule has 0 bridgehead atoms. The highest BCUT2D eigenvalue weighted by Gasteiger charge is 2.49. The third-order valence-electron chi connectivity index (χ3n) is 7.85. The quantitative estimate of drug-likeness (QED) is 0.306. The molecule has 1 saturated carbocycles. The van der Waals surface area contributed by atoms with Crippen LogP contribution in [0.4, 0.5) is 19.0 Å². The van der Waals surface area contributed by atoms with Crippen LogP contribution in [0.3, 0.4) is 0 Å². The molecular formula is C29H27F3N7O3+. The van der Waals surface area contributed by atoms with E-state index >= 15 is 0 Å². The van der Waals surface area contributed by atoms with Crippen molar-refractivity contribution in [2.24, 2.45) is 21.7 Å². The molecule has 2 atom stereocenters. The average Bonchev–Trinajstić information content (AvgIpc) is 3.79. The van der Waals surface area contributed by atoms with Crippen molar-refractivity contribution in [1.82, 2.24) is 9.88 Å². The number of hydrogen-bond acceptors (Lipinski definition) is 7. The number of fused-ring (bicyclic) bond motifs is 1. The third-order valence-corrected chi connectivity index (χ3v) is 7.85. The minimum Gasteiger partial charge on any atom is -0.335 e. The lowest BCUT2D eigenvalue weighted by molar-refractivity contribution is -0.750. The second kappa shape index (κ2) is 10.4. The number of ketones is 1. The summed E-state index contributed by atoms with van der Waals surface area (Å²) in [6.45, 7) is -0.0697. The zero-order chi connectivity index (χ0) is 29.6. The van der Waals surface area contributed by atoms with E-state index in [1.807, 2.05) is 12.1 Å².